The van der Waals surface area contributed by atoms with E-state index in [1.54, 1.807) is 0 Å². The maximum Gasteiger partial charge on any atom is 0.0488 e. The maximum absolute atomic E-state index is 5.87. The van der Waals surface area contributed by atoms with Crippen LogP contribution in [0.3, 0.4) is 0 Å². The molecule has 2 nitrogen and oxygen atoms in total. The molecule has 15 heavy (non-hydrogen) atoms. The lowest BCUT2D eigenvalue weighted by molar-refractivity contribution is 0.373. The third kappa shape index (κ3) is 2.51. The van der Waals surface area contributed by atoms with Crippen LogP contribution in [-0.2, 0) is 0 Å². The lowest BCUT2D eigenvalue weighted by atomic mass is 9.92. The van der Waals surface area contributed by atoms with Gasteiger partial charge in [-0.15, -0.1) is 0 Å². The van der Waals surface area contributed by atoms with Gasteiger partial charge in [0, 0.05) is 11.1 Å². The summed E-state index contributed by atoms with van der Waals surface area (Å²) in [6.07, 6.45) is 5.21. The molecule has 0 heterocycles. The van der Waals surface area contributed by atoms with Gasteiger partial charge in [0.25, 0.3) is 0 Å². The predicted molar refractivity (Wildman–Crippen MR) is 63.5 cm³/mol. The van der Waals surface area contributed by atoms with E-state index in [4.69, 9.17) is 17.4 Å². The molecular formula is C12H17ClN2. The highest BCUT2D eigenvalue weighted by Crippen LogP contribution is 2.35. The van der Waals surface area contributed by atoms with E-state index in [0.29, 0.717) is 5.92 Å². The van der Waals surface area contributed by atoms with Crippen molar-refractivity contribution in [1.29, 1.82) is 0 Å². The van der Waals surface area contributed by atoms with Gasteiger partial charge in [0.05, 0.1) is 0 Å². The SMILES string of the molecule is NNC(c1ccc(Cl)cc1)C1CCCC1. The van der Waals surface area contributed by atoms with E-state index in [9.17, 15) is 0 Å². The molecule has 0 spiro atoms. The Morgan fingerprint density at radius 1 is 1.20 bits per heavy atom. The number of hydrogen-bond donors (Lipinski definition) is 2. The summed E-state index contributed by atoms with van der Waals surface area (Å²) in [6.45, 7) is 0. The van der Waals surface area contributed by atoms with E-state index in [2.05, 4.69) is 17.6 Å². The molecule has 1 aliphatic carbocycles. The molecule has 0 aromatic heterocycles. The molecular weight excluding hydrogens is 208 g/mol. The Hall–Kier alpha value is -0.570. The number of rotatable bonds is 3. The van der Waals surface area contributed by atoms with Gasteiger partial charge in [-0.05, 0) is 36.5 Å². The van der Waals surface area contributed by atoms with Crippen LogP contribution in [0, 0.1) is 5.92 Å². The second-order valence-corrected chi connectivity index (χ2v) is 4.68. The van der Waals surface area contributed by atoms with Gasteiger partial charge in [-0.2, -0.15) is 0 Å². The molecule has 82 valence electrons. The summed E-state index contributed by atoms with van der Waals surface area (Å²) in [6, 6.07) is 8.26. The standard InChI is InChI=1S/C12H17ClN2/c13-11-7-5-10(6-8-11)12(15-14)9-3-1-2-4-9/h5-9,12,15H,1-4,14H2. The fourth-order valence-electron chi connectivity index (χ4n) is 2.47. The third-order valence-corrected chi connectivity index (χ3v) is 3.53. The summed E-state index contributed by atoms with van der Waals surface area (Å²) >= 11 is 5.87. The van der Waals surface area contributed by atoms with Crippen LogP contribution in [-0.4, -0.2) is 0 Å². The van der Waals surface area contributed by atoms with E-state index >= 15 is 0 Å². The van der Waals surface area contributed by atoms with E-state index < -0.39 is 0 Å². The van der Waals surface area contributed by atoms with Crippen LogP contribution in [0.5, 0.6) is 0 Å². The first-order valence-electron chi connectivity index (χ1n) is 5.53. The minimum absolute atomic E-state index is 0.282. The maximum atomic E-state index is 5.87. The van der Waals surface area contributed by atoms with E-state index in [1.807, 2.05) is 12.1 Å². The highest BCUT2D eigenvalue weighted by molar-refractivity contribution is 6.30. The predicted octanol–water partition coefficient (Wildman–Crippen LogP) is 3.03. The minimum atomic E-state index is 0.282. The molecule has 3 N–H and O–H groups in total. The topological polar surface area (TPSA) is 38.0 Å². The van der Waals surface area contributed by atoms with Crippen molar-refractivity contribution < 1.29 is 0 Å². The van der Waals surface area contributed by atoms with Crippen LogP contribution in [0.2, 0.25) is 5.02 Å². The smallest absolute Gasteiger partial charge is 0.0488 e. The second kappa shape index (κ2) is 4.97. The second-order valence-electron chi connectivity index (χ2n) is 4.24. The van der Waals surface area contributed by atoms with Gasteiger partial charge < -0.3 is 0 Å². The van der Waals surface area contributed by atoms with Crippen molar-refractivity contribution >= 4 is 11.6 Å². The van der Waals surface area contributed by atoms with Crippen molar-refractivity contribution in [2.75, 3.05) is 0 Å². The molecule has 1 aliphatic rings. The van der Waals surface area contributed by atoms with Crippen molar-refractivity contribution in [2.24, 2.45) is 11.8 Å². The normalized spacial score (nSPS) is 19.3. The molecule has 1 aromatic carbocycles. The third-order valence-electron chi connectivity index (χ3n) is 3.28. The lowest BCUT2D eigenvalue weighted by Gasteiger charge is -2.22. The number of hydrazine groups is 1. The summed E-state index contributed by atoms with van der Waals surface area (Å²) < 4.78 is 0. The van der Waals surface area contributed by atoms with Gasteiger partial charge in [-0.3, -0.25) is 11.3 Å². The Morgan fingerprint density at radius 2 is 1.80 bits per heavy atom. The number of halogens is 1. The van der Waals surface area contributed by atoms with Crippen LogP contribution in [0.25, 0.3) is 0 Å². The molecule has 0 amide bonds. The largest absolute Gasteiger partial charge is 0.271 e. The fourth-order valence-corrected chi connectivity index (χ4v) is 2.59. The monoisotopic (exact) mass is 224 g/mol. The zero-order valence-corrected chi connectivity index (χ0v) is 9.50. The Bertz CT molecular complexity index is 304. The minimum Gasteiger partial charge on any atom is -0.271 e. The number of nitrogens with one attached hydrogen (secondary N) is 1. The Labute approximate surface area is 95.8 Å². The van der Waals surface area contributed by atoms with Crippen molar-refractivity contribution in [1.82, 2.24) is 5.43 Å². The average molecular weight is 225 g/mol. The van der Waals surface area contributed by atoms with Crippen LogP contribution in [0.15, 0.2) is 24.3 Å². The molecule has 1 unspecified atom stereocenters. The molecule has 1 fully saturated rings. The molecule has 2 rings (SSSR count). The highest BCUT2D eigenvalue weighted by Gasteiger charge is 2.25. The zero-order chi connectivity index (χ0) is 10.7. The van der Waals surface area contributed by atoms with Gasteiger partial charge in [0.2, 0.25) is 0 Å². The fraction of sp³-hybridized carbons (Fsp3) is 0.500. The van der Waals surface area contributed by atoms with Crippen molar-refractivity contribution in [2.45, 2.75) is 31.7 Å². The number of nitrogens with two attached hydrogens (primary N) is 1. The van der Waals surface area contributed by atoms with Gasteiger partial charge in [-0.25, -0.2) is 0 Å². The van der Waals surface area contributed by atoms with Crippen LogP contribution >= 0.6 is 11.6 Å². The van der Waals surface area contributed by atoms with Gasteiger partial charge in [0.1, 0.15) is 0 Å². The van der Waals surface area contributed by atoms with Gasteiger partial charge in [0.15, 0.2) is 0 Å². The van der Waals surface area contributed by atoms with Gasteiger partial charge >= 0.3 is 0 Å². The molecule has 0 aliphatic heterocycles. The summed E-state index contributed by atoms with van der Waals surface area (Å²) in [7, 11) is 0. The molecule has 3 heteroatoms. The lowest BCUT2D eigenvalue weighted by Crippen LogP contribution is -2.32. The number of benzene rings is 1. The van der Waals surface area contributed by atoms with Crippen LogP contribution in [0.1, 0.15) is 37.3 Å². The molecule has 0 bridgehead atoms. The number of hydrogen-bond acceptors (Lipinski definition) is 2. The molecule has 1 saturated carbocycles. The first-order chi connectivity index (χ1) is 7.31. The molecule has 0 radical (unpaired) electrons. The Balaban J connectivity index is 2.14. The van der Waals surface area contributed by atoms with Crippen LogP contribution < -0.4 is 11.3 Å². The Morgan fingerprint density at radius 3 is 2.33 bits per heavy atom. The van der Waals surface area contributed by atoms with Gasteiger partial charge in [-0.1, -0.05) is 36.6 Å². The average Bonchev–Trinajstić information content (AvgIpc) is 2.75. The molecule has 1 atom stereocenters. The van der Waals surface area contributed by atoms with Crippen LogP contribution in [0.4, 0.5) is 0 Å². The summed E-state index contributed by atoms with van der Waals surface area (Å²) in [5.41, 5.74) is 4.18. The first-order valence-corrected chi connectivity index (χ1v) is 5.90. The van der Waals surface area contributed by atoms with Crippen molar-refractivity contribution in [3.8, 4) is 0 Å². The Kier molecular flexibility index (Phi) is 3.62. The van der Waals surface area contributed by atoms with E-state index in [1.165, 1.54) is 31.2 Å². The summed E-state index contributed by atoms with van der Waals surface area (Å²) in [4.78, 5) is 0. The van der Waals surface area contributed by atoms with E-state index in [-0.39, 0.29) is 6.04 Å². The summed E-state index contributed by atoms with van der Waals surface area (Å²) in [5.74, 6) is 6.32. The first kappa shape index (κ1) is 10.9. The highest BCUT2D eigenvalue weighted by atomic mass is 35.5. The van der Waals surface area contributed by atoms with E-state index in [0.717, 1.165) is 5.02 Å². The van der Waals surface area contributed by atoms with Crippen molar-refractivity contribution in [3.63, 3.8) is 0 Å². The quantitative estimate of drug-likeness (QED) is 0.612. The summed E-state index contributed by atoms with van der Waals surface area (Å²) in [5, 5.41) is 0.779. The molecule has 1 aromatic rings. The zero-order valence-electron chi connectivity index (χ0n) is 8.75. The molecule has 0 saturated heterocycles. The van der Waals surface area contributed by atoms with Crippen molar-refractivity contribution in [3.05, 3.63) is 34.9 Å².